The van der Waals surface area contributed by atoms with Gasteiger partial charge < -0.3 is 10.6 Å². The molecule has 0 heterocycles. The SMILES string of the molecule is C=CCCC(=O)Nc1ccc(C)cc1C(=O)NC. The van der Waals surface area contributed by atoms with Gasteiger partial charge in [-0.2, -0.15) is 0 Å². The molecule has 0 radical (unpaired) electrons. The molecule has 0 atom stereocenters. The second kappa shape index (κ2) is 6.59. The summed E-state index contributed by atoms with van der Waals surface area (Å²) >= 11 is 0. The Balaban J connectivity index is 2.90. The Bertz CT molecular complexity index is 467. The highest BCUT2D eigenvalue weighted by molar-refractivity contribution is 6.03. The monoisotopic (exact) mass is 246 g/mol. The first kappa shape index (κ1) is 14.0. The van der Waals surface area contributed by atoms with Gasteiger partial charge in [-0.1, -0.05) is 17.7 Å². The third-order valence-corrected chi connectivity index (χ3v) is 2.50. The van der Waals surface area contributed by atoms with Crippen molar-refractivity contribution in [1.82, 2.24) is 5.32 Å². The molecule has 0 bridgehead atoms. The van der Waals surface area contributed by atoms with Gasteiger partial charge >= 0.3 is 0 Å². The summed E-state index contributed by atoms with van der Waals surface area (Å²) in [5.41, 5.74) is 1.98. The Morgan fingerprint density at radius 2 is 2.11 bits per heavy atom. The van der Waals surface area contributed by atoms with Gasteiger partial charge in [-0.05, 0) is 25.5 Å². The summed E-state index contributed by atoms with van der Waals surface area (Å²) < 4.78 is 0. The highest BCUT2D eigenvalue weighted by Crippen LogP contribution is 2.17. The van der Waals surface area contributed by atoms with Crippen molar-refractivity contribution in [2.75, 3.05) is 12.4 Å². The van der Waals surface area contributed by atoms with E-state index in [1.165, 1.54) is 0 Å². The molecule has 1 rings (SSSR count). The maximum Gasteiger partial charge on any atom is 0.253 e. The largest absolute Gasteiger partial charge is 0.355 e. The molecular formula is C14H18N2O2. The van der Waals surface area contributed by atoms with Crippen LogP contribution in [0.2, 0.25) is 0 Å². The fourth-order valence-electron chi connectivity index (χ4n) is 1.54. The molecule has 0 aliphatic heterocycles. The van der Waals surface area contributed by atoms with E-state index < -0.39 is 0 Å². The van der Waals surface area contributed by atoms with Gasteiger partial charge in [-0.3, -0.25) is 9.59 Å². The summed E-state index contributed by atoms with van der Waals surface area (Å²) in [6, 6.07) is 5.35. The first-order valence-corrected chi connectivity index (χ1v) is 5.82. The zero-order valence-corrected chi connectivity index (χ0v) is 10.7. The molecular weight excluding hydrogens is 228 g/mol. The van der Waals surface area contributed by atoms with Crippen LogP contribution < -0.4 is 10.6 Å². The van der Waals surface area contributed by atoms with E-state index in [0.29, 0.717) is 24.1 Å². The van der Waals surface area contributed by atoms with E-state index >= 15 is 0 Å². The van der Waals surface area contributed by atoms with Crippen LogP contribution in [0.5, 0.6) is 0 Å². The zero-order valence-electron chi connectivity index (χ0n) is 10.7. The highest BCUT2D eigenvalue weighted by Gasteiger charge is 2.12. The second-order valence-corrected chi connectivity index (χ2v) is 4.00. The molecule has 0 saturated carbocycles. The van der Waals surface area contributed by atoms with Crippen LogP contribution in [0.3, 0.4) is 0 Å². The molecule has 0 spiro atoms. The number of amides is 2. The number of carbonyl (C=O) groups is 2. The molecule has 2 amide bonds. The third kappa shape index (κ3) is 3.73. The molecule has 0 fully saturated rings. The van der Waals surface area contributed by atoms with Crippen molar-refractivity contribution in [2.45, 2.75) is 19.8 Å². The number of carbonyl (C=O) groups excluding carboxylic acids is 2. The molecule has 0 aliphatic rings. The van der Waals surface area contributed by atoms with E-state index in [1.807, 2.05) is 13.0 Å². The van der Waals surface area contributed by atoms with Crippen molar-refractivity contribution in [3.8, 4) is 0 Å². The molecule has 4 nitrogen and oxygen atoms in total. The fraction of sp³-hybridized carbons (Fsp3) is 0.286. The second-order valence-electron chi connectivity index (χ2n) is 4.00. The predicted octanol–water partition coefficient (Wildman–Crippen LogP) is 2.26. The minimum absolute atomic E-state index is 0.121. The standard InChI is InChI=1S/C14H18N2O2/c1-4-5-6-13(17)16-12-8-7-10(2)9-11(12)14(18)15-3/h4,7-9H,1,5-6H2,2-3H3,(H,15,18)(H,16,17). The van der Waals surface area contributed by atoms with Gasteiger partial charge in [-0.25, -0.2) is 0 Å². The number of hydrogen-bond donors (Lipinski definition) is 2. The lowest BCUT2D eigenvalue weighted by molar-refractivity contribution is -0.116. The van der Waals surface area contributed by atoms with Crippen LogP contribution in [0.1, 0.15) is 28.8 Å². The van der Waals surface area contributed by atoms with Gasteiger partial charge in [-0.15, -0.1) is 6.58 Å². The number of benzene rings is 1. The van der Waals surface area contributed by atoms with Crippen molar-refractivity contribution < 1.29 is 9.59 Å². The molecule has 18 heavy (non-hydrogen) atoms. The lowest BCUT2D eigenvalue weighted by atomic mass is 10.1. The van der Waals surface area contributed by atoms with Gasteiger partial charge in [0.15, 0.2) is 0 Å². The topological polar surface area (TPSA) is 58.2 Å². The normalized spacial score (nSPS) is 9.67. The van der Waals surface area contributed by atoms with Crippen LogP contribution in [0.25, 0.3) is 0 Å². The van der Waals surface area contributed by atoms with Crippen LogP contribution in [0.15, 0.2) is 30.9 Å². The number of rotatable bonds is 5. The third-order valence-electron chi connectivity index (χ3n) is 2.50. The summed E-state index contributed by atoms with van der Waals surface area (Å²) in [4.78, 5) is 23.3. The smallest absolute Gasteiger partial charge is 0.253 e. The first-order valence-electron chi connectivity index (χ1n) is 5.82. The van der Waals surface area contributed by atoms with Crippen LogP contribution in [-0.2, 0) is 4.79 Å². The fourth-order valence-corrected chi connectivity index (χ4v) is 1.54. The first-order chi connectivity index (χ1) is 8.58. The van der Waals surface area contributed by atoms with E-state index in [2.05, 4.69) is 17.2 Å². The number of hydrogen-bond acceptors (Lipinski definition) is 2. The summed E-state index contributed by atoms with van der Waals surface area (Å²) in [5.74, 6) is -0.332. The van der Waals surface area contributed by atoms with Gasteiger partial charge in [0.2, 0.25) is 5.91 Å². The van der Waals surface area contributed by atoms with Gasteiger partial charge in [0.1, 0.15) is 0 Å². The van der Waals surface area contributed by atoms with Crippen LogP contribution in [-0.4, -0.2) is 18.9 Å². The molecule has 1 aromatic rings. The van der Waals surface area contributed by atoms with E-state index in [4.69, 9.17) is 0 Å². The van der Waals surface area contributed by atoms with Crippen molar-refractivity contribution in [1.29, 1.82) is 0 Å². The number of allylic oxidation sites excluding steroid dienone is 1. The number of aryl methyl sites for hydroxylation is 1. The quantitative estimate of drug-likeness (QED) is 0.783. The minimum atomic E-state index is -0.210. The Kier molecular flexibility index (Phi) is 5.11. The van der Waals surface area contributed by atoms with Crippen molar-refractivity contribution >= 4 is 17.5 Å². The minimum Gasteiger partial charge on any atom is -0.355 e. The van der Waals surface area contributed by atoms with E-state index in [0.717, 1.165) is 5.56 Å². The number of nitrogens with one attached hydrogen (secondary N) is 2. The molecule has 0 aromatic heterocycles. The summed E-state index contributed by atoms with van der Waals surface area (Å²) in [5, 5.41) is 5.30. The molecule has 0 unspecified atom stereocenters. The van der Waals surface area contributed by atoms with Crippen molar-refractivity contribution in [3.05, 3.63) is 42.0 Å². The zero-order chi connectivity index (χ0) is 13.5. The summed E-state index contributed by atoms with van der Waals surface area (Å²) in [6.07, 6.45) is 2.67. The van der Waals surface area contributed by atoms with Crippen LogP contribution >= 0.6 is 0 Å². The predicted molar refractivity (Wildman–Crippen MR) is 72.6 cm³/mol. The maximum absolute atomic E-state index is 11.7. The Hall–Kier alpha value is -2.10. The Morgan fingerprint density at radius 3 is 2.72 bits per heavy atom. The summed E-state index contributed by atoms with van der Waals surface area (Å²) in [7, 11) is 1.56. The van der Waals surface area contributed by atoms with E-state index in [9.17, 15) is 9.59 Å². The highest BCUT2D eigenvalue weighted by atomic mass is 16.2. The van der Waals surface area contributed by atoms with Gasteiger partial charge in [0, 0.05) is 13.5 Å². The average molecular weight is 246 g/mol. The lowest BCUT2D eigenvalue weighted by Gasteiger charge is -2.10. The Morgan fingerprint density at radius 1 is 1.39 bits per heavy atom. The van der Waals surface area contributed by atoms with Gasteiger partial charge in [0.05, 0.1) is 11.3 Å². The molecule has 2 N–H and O–H groups in total. The Labute approximate surface area is 107 Å². The van der Waals surface area contributed by atoms with Crippen LogP contribution in [0, 0.1) is 6.92 Å². The van der Waals surface area contributed by atoms with E-state index in [-0.39, 0.29) is 11.8 Å². The van der Waals surface area contributed by atoms with Crippen LogP contribution in [0.4, 0.5) is 5.69 Å². The van der Waals surface area contributed by atoms with Crippen molar-refractivity contribution in [3.63, 3.8) is 0 Å². The summed E-state index contributed by atoms with van der Waals surface area (Å²) in [6.45, 7) is 5.46. The lowest BCUT2D eigenvalue weighted by Crippen LogP contribution is -2.21. The molecule has 1 aromatic carbocycles. The molecule has 0 aliphatic carbocycles. The molecule has 0 saturated heterocycles. The molecule has 4 heteroatoms. The molecule has 96 valence electrons. The van der Waals surface area contributed by atoms with E-state index in [1.54, 1.807) is 25.3 Å². The van der Waals surface area contributed by atoms with Gasteiger partial charge in [0.25, 0.3) is 5.91 Å². The average Bonchev–Trinajstić information content (AvgIpc) is 2.37. The van der Waals surface area contributed by atoms with Crippen molar-refractivity contribution in [2.24, 2.45) is 0 Å². The number of anilines is 1. The maximum atomic E-state index is 11.7.